The maximum absolute atomic E-state index is 12.6. The van der Waals surface area contributed by atoms with Crippen LogP contribution in [0.1, 0.15) is 39.4 Å². The highest BCUT2D eigenvalue weighted by atomic mass is 32.1. The second-order valence-corrected chi connectivity index (χ2v) is 7.96. The smallest absolute Gasteiger partial charge is 0.348 e. The van der Waals surface area contributed by atoms with Gasteiger partial charge in [-0.05, 0) is 19.4 Å². The summed E-state index contributed by atoms with van der Waals surface area (Å²) in [5.74, 6) is -1.51. The van der Waals surface area contributed by atoms with Crippen molar-refractivity contribution in [2.24, 2.45) is 0 Å². The molecule has 2 amide bonds. The first-order valence-electron chi connectivity index (χ1n) is 10.0. The van der Waals surface area contributed by atoms with Gasteiger partial charge in [-0.3, -0.25) is 14.5 Å². The number of anilines is 1. The highest BCUT2D eigenvalue weighted by molar-refractivity contribution is 7.18. The fourth-order valence-electron chi connectivity index (χ4n) is 3.12. The molecule has 10 nitrogen and oxygen atoms in total. The molecule has 1 fully saturated rings. The van der Waals surface area contributed by atoms with E-state index in [2.05, 4.69) is 5.32 Å². The Hall–Kier alpha value is -2.50. The molecule has 0 spiro atoms. The zero-order valence-corrected chi connectivity index (χ0v) is 19.1. The summed E-state index contributed by atoms with van der Waals surface area (Å²) in [4.78, 5) is 52.8. The van der Waals surface area contributed by atoms with Crippen LogP contribution in [-0.2, 0) is 23.8 Å². The molecule has 1 aromatic heterocycles. The number of esters is 2. The highest BCUT2D eigenvalue weighted by Crippen LogP contribution is 2.34. The van der Waals surface area contributed by atoms with E-state index < -0.39 is 11.9 Å². The van der Waals surface area contributed by atoms with E-state index in [0.717, 1.165) is 11.3 Å². The number of carbonyl (C=O) groups excluding carboxylic acids is 4. The number of piperazine rings is 1. The number of nitrogens with zero attached hydrogens (tertiary/aromatic N) is 2. The molecule has 172 valence electrons. The maximum atomic E-state index is 12.6. The van der Waals surface area contributed by atoms with Gasteiger partial charge in [-0.2, -0.15) is 0 Å². The molecule has 0 atom stereocenters. The van der Waals surface area contributed by atoms with Crippen molar-refractivity contribution in [3.63, 3.8) is 0 Å². The molecule has 31 heavy (non-hydrogen) atoms. The molecular weight excluding hydrogens is 426 g/mol. The van der Waals surface area contributed by atoms with Crippen LogP contribution in [0.25, 0.3) is 0 Å². The van der Waals surface area contributed by atoms with Crippen LogP contribution in [0.4, 0.5) is 5.00 Å². The predicted octanol–water partition coefficient (Wildman–Crippen LogP) is 1.14. The van der Waals surface area contributed by atoms with Crippen LogP contribution in [0.3, 0.4) is 0 Å². The number of ether oxygens (including phenoxy) is 3. The third-order valence-corrected chi connectivity index (χ3v) is 5.96. The van der Waals surface area contributed by atoms with Gasteiger partial charge >= 0.3 is 11.9 Å². The van der Waals surface area contributed by atoms with E-state index in [0.29, 0.717) is 31.7 Å². The third kappa shape index (κ3) is 6.74. The Kier molecular flexibility index (Phi) is 9.41. The molecule has 2 rings (SSSR count). The van der Waals surface area contributed by atoms with Gasteiger partial charge in [0, 0.05) is 40.2 Å². The van der Waals surface area contributed by atoms with Crippen molar-refractivity contribution in [3.05, 3.63) is 16.0 Å². The second-order valence-electron chi connectivity index (χ2n) is 6.94. The van der Waals surface area contributed by atoms with Gasteiger partial charge in [0.2, 0.25) is 11.8 Å². The van der Waals surface area contributed by atoms with Crippen LogP contribution in [0.15, 0.2) is 0 Å². The molecule has 2 heterocycles. The summed E-state index contributed by atoms with van der Waals surface area (Å²) in [5, 5.41) is 2.99. The fourth-order valence-corrected chi connectivity index (χ4v) is 4.22. The minimum Gasteiger partial charge on any atom is -0.462 e. The van der Waals surface area contributed by atoms with Gasteiger partial charge < -0.3 is 24.4 Å². The van der Waals surface area contributed by atoms with Gasteiger partial charge in [-0.25, -0.2) is 9.59 Å². The molecular formula is C20H29N3O7S. The molecule has 1 aliphatic heterocycles. The molecule has 0 aromatic carbocycles. The molecule has 1 aromatic rings. The first-order chi connectivity index (χ1) is 14.8. The van der Waals surface area contributed by atoms with E-state index in [1.807, 2.05) is 4.90 Å². The number of hydrogen-bond acceptors (Lipinski definition) is 9. The van der Waals surface area contributed by atoms with E-state index in [-0.39, 0.29) is 53.6 Å². The minimum atomic E-state index is -0.613. The summed E-state index contributed by atoms with van der Waals surface area (Å²) >= 11 is 0.982. The summed E-state index contributed by atoms with van der Waals surface area (Å²) < 4.78 is 15.1. The first-order valence-corrected chi connectivity index (χ1v) is 10.8. The Balaban J connectivity index is 2.11. The van der Waals surface area contributed by atoms with Crippen LogP contribution < -0.4 is 5.32 Å². The van der Waals surface area contributed by atoms with Crippen LogP contribution in [0.2, 0.25) is 0 Å². The number of rotatable bonds is 9. The number of amides is 2. The van der Waals surface area contributed by atoms with Gasteiger partial charge in [0.1, 0.15) is 16.5 Å². The Morgan fingerprint density at radius 1 is 1.03 bits per heavy atom. The lowest BCUT2D eigenvalue weighted by Crippen LogP contribution is -2.49. The van der Waals surface area contributed by atoms with Gasteiger partial charge in [0.05, 0.1) is 25.3 Å². The van der Waals surface area contributed by atoms with Crippen molar-refractivity contribution in [2.75, 3.05) is 65.0 Å². The maximum Gasteiger partial charge on any atom is 0.348 e. The number of carbonyl (C=O) groups is 4. The summed E-state index contributed by atoms with van der Waals surface area (Å²) in [6.07, 6.45) is 0. The lowest BCUT2D eigenvalue weighted by Gasteiger charge is -2.33. The lowest BCUT2D eigenvalue weighted by atomic mass is 10.1. The summed E-state index contributed by atoms with van der Waals surface area (Å²) in [5.41, 5.74) is 0.552. The van der Waals surface area contributed by atoms with Gasteiger partial charge in [-0.15, -0.1) is 11.3 Å². The van der Waals surface area contributed by atoms with Crippen LogP contribution >= 0.6 is 11.3 Å². The van der Waals surface area contributed by atoms with Gasteiger partial charge in [-0.1, -0.05) is 0 Å². The van der Waals surface area contributed by atoms with E-state index in [1.54, 1.807) is 18.7 Å². The monoisotopic (exact) mass is 455 g/mol. The second kappa shape index (κ2) is 11.8. The first kappa shape index (κ1) is 24.8. The topological polar surface area (TPSA) is 114 Å². The minimum absolute atomic E-state index is 0.0159. The quantitative estimate of drug-likeness (QED) is 0.436. The summed E-state index contributed by atoms with van der Waals surface area (Å²) in [6, 6.07) is 0. The third-order valence-electron chi connectivity index (χ3n) is 4.77. The molecule has 1 saturated heterocycles. The molecule has 0 bridgehead atoms. The summed E-state index contributed by atoms with van der Waals surface area (Å²) in [6.45, 7) is 7.71. The van der Waals surface area contributed by atoms with E-state index in [4.69, 9.17) is 14.2 Å². The number of methoxy groups -OCH3 is 1. The summed E-state index contributed by atoms with van der Waals surface area (Å²) in [7, 11) is 1.50. The average Bonchev–Trinajstić information content (AvgIpc) is 3.04. The Morgan fingerprint density at radius 3 is 2.29 bits per heavy atom. The van der Waals surface area contributed by atoms with Crippen molar-refractivity contribution < 1.29 is 33.4 Å². The molecule has 0 radical (unpaired) electrons. The standard InChI is InChI=1S/C20H29N3O7S/c1-5-29-19(26)16-13(2)17(20(27)30-11-10-28-4)31-18(16)21-15(25)12-22-6-8-23(9-7-22)14(3)24/h5-12H2,1-4H3,(H,21,25). The van der Waals surface area contributed by atoms with Crippen molar-refractivity contribution >= 4 is 40.1 Å². The van der Waals surface area contributed by atoms with Crippen molar-refractivity contribution in [2.45, 2.75) is 20.8 Å². The SMILES string of the molecule is CCOC(=O)c1c(NC(=O)CN2CCN(C(C)=O)CC2)sc(C(=O)OCCOC)c1C. The normalized spacial score (nSPS) is 14.3. The van der Waals surface area contributed by atoms with E-state index in [1.165, 1.54) is 14.0 Å². The van der Waals surface area contributed by atoms with Crippen molar-refractivity contribution in [1.82, 2.24) is 9.80 Å². The molecule has 11 heteroatoms. The molecule has 0 unspecified atom stereocenters. The predicted molar refractivity (Wildman–Crippen MR) is 114 cm³/mol. The van der Waals surface area contributed by atoms with Crippen LogP contribution in [-0.4, -0.2) is 93.2 Å². The Bertz CT molecular complexity index is 816. The van der Waals surface area contributed by atoms with Crippen LogP contribution in [0, 0.1) is 6.92 Å². The van der Waals surface area contributed by atoms with E-state index >= 15 is 0 Å². The molecule has 1 aliphatic rings. The zero-order valence-electron chi connectivity index (χ0n) is 18.3. The Morgan fingerprint density at radius 2 is 1.71 bits per heavy atom. The zero-order chi connectivity index (χ0) is 23.0. The fraction of sp³-hybridized carbons (Fsp3) is 0.600. The van der Waals surface area contributed by atoms with Crippen molar-refractivity contribution in [1.29, 1.82) is 0 Å². The number of thiophene rings is 1. The Labute approximate surface area is 185 Å². The van der Waals surface area contributed by atoms with E-state index in [9.17, 15) is 19.2 Å². The largest absolute Gasteiger partial charge is 0.462 e. The lowest BCUT2D eigenvalue weighted by molar-refractivity contribution is -0.130. The average molecular weight is 456 g/mol. The molecule has 0 aliphatic carbocycles. The molecule has 1 N–H and O–H groups in total. The van der Waals surface area contributed by atoms with Crippen molar-refractivity contribution in [3.8, 4) is 0 Å². The number of hydrogen-bond donors (Lipinski definition) is 1. The van der Waals surface area contributed by atoms with Crippen LogP contribution in [0.5, 0.6) is 0 Å². The highest BCUT2D eigenvalue weighted by Gasteiger charge is 2.28. The number of nitrogens with one attached hydrogen (secondary N) is 1. The van der Waals surface area contributed by atoms with Gasteiger partial charge in [0.25, 0.3) is 0 Å². The van der Waals surface area contributed by atoms with Gasteiger partial charge in [0.15, 0.2) is 0 Å². The molecule has 0 saturated carbocycles.